The highest BCUT2D eigenvalue weighted by atomic mass is 16.5. The summed E-state index contributed by atoms with van der Waals surface area (Å²) in [7, 11) is 0. The highest BCUT2D eigenvalue weighted by Gasteiger charge is 2.17. The smallest absolute Gasteiger partial charge is 0.286 e. The van der Waals surface area contributed by atoms with Crippen molar-refractivity contribution in [3.63, 3.8) is 0 Å². The number of hydrogen-bond acceptors (Lipinski definition) is 5. The van der Waals surface area contributed by atoms with Crippen molar-refractivity contribution >= 4 is 11.6 Å². The Morgan fingerprint density at radius 2 is 1.81 bits per heavy atom. The Labute approximate surface area is 189 Å². The van der Waals surface area contributed by atoms with Crippen LogP contribution >= 0.6 is 0 Å². The summed E-state index contributed by atoms with van der Waals surface area (Å²) in [6.45, 7) is 8.22. The van der Waals surface area contributed by atoms with Crippen molar-refractivity contribution in [2.24, 2.45) is 0 Å². The zero-order valence-electron chi connectivity index (χ0n) is 18.6. The molecule has 2 aromatic carbocycles. The monoisotopic (exact) mass is 433 g/mol. The quantitative estimate of drug-likeness (QED) is 0.515. The Balaban J connectivity index is 1.13. The molecule has 6 heteroatoms. The molecule has 2 heterocycles. The predicted molar refractivity (Wildman–Crippen MR) is 126 cm³/mol. The molecule has 1 N–H and O–H groups in total. The van der Waals surface area contributed by atoms with Gasteiger partial charge in [-0.2, -0.15) is 0 Å². The predicted octanol–water partition coefficient (Wildman–Crippen LogP) is 4.11. The van der Waals surface area contributed by atoms with Crippen LogP contribution in [0.3, 0.4) is 0 Å². The number of furan rings is 1. The van der Waals surface area contributed by atoms with Crippen molar-refractivity contribution in [1.82, 2.24) is 10.2 Å². The van der Waals surface area contributed by atoms with Gasteiger partial charge >= 0.3 is 0 Å². The van der Waals surface area contributed by atoms with Gasteiger partial charge in [-0.05, 0) is 61.9 Å². The third-order valence-electron chi connectivity index (χ3n) is 5.69. The SMILES string of the molecule is Cc1cccc(N2CCN(CCCNC(=O)c3ccc(COc4ccccc4)o3)CC2)c1. The molecule has 1 saturated heterocycles. The molecular weight excluding hydrogens is 402 g/mol. The summed E-state index contributed by atoms with van der Waals surface area (Å²) in [4.78, 5) is 17.3. The Morgan fingerprint density at radius 1 is 1.00 bits per heavy atom. The number of nitrogens with one attached hydrogen (secondary N) is 1. The number of benzene rings is 2. The molecule has 168 valence electrons. The van der Waals surface area contributed by atoms with Gasteiger partial charge in [-0.1, -0.05) is 30.3 Å². The summed E-state index contributed by atoms with van der Waals surface area (Å²) in [5.74, 6) is 1.55. The lowest BCUT2D eigenvalue weighted by molar-refractivity contribution is 0.0919. The maximum Gasteiger partial charge on any atom is 0.286 e. The van der Waals surface area contributed by atoms with Crippen LogP contribution < -0.4 is 15.0 Å². The molecule has 6 nitrogen and oxygen atoms in total. The van der Waals surface area contributed by atoms with E-state index in [9.17, 15) is 4.79 Å². The fraction of sp³-hybridized carbons (Fsp3) is 0.346. The van der Waals surface area contributed by atoms with E-state index in [4.69, 9.17) is 9.15 Å². The Bertz CT molecular complexity index is 994. The van der Waals surface area contributed by atoms with Crippen LogP contribution in [-0.2, 0) is 6.61 Å². The minimum absolute atomic E-state index is 0.180. The van der Waals surface area contributed by atoms with Crippen molar-refractivity contribution < 1.29 is 13.9 Å². The first-order valence-corrected chi connectivity index (χ1v) is 11.3. The average Bonchev–Trinajstić information content (AvgIpc) is 3.31. The van der Waals surface area contributed by atoms with Crippen LogP contribution in [0.4, 0.5) is 5.69 Å². The number of carbonyl (C=O) groups excluding carboxylic acids is 1. The van der Waals surface area contributed by atoms with Gasteiger partial charge in [0.2, 0.25) is 0 Å². The van der Waals surface area contributed by atoms with E-state index in [-0.39, 0.29) is 5.91 Å². The van der Waals surface area contributed by atoms with Crippen LogP contribution in [0.5, 0.6) is 5.75 Å². The van der Waals surface area contributed by atoms with E-state index < -0.39 is 0 Å². The summed E-state index contributed by atoms with van der Waals surface area (Å²) in [5.41, 5.74) is 2.61. The largest absolute Gasteiger partial charge is 0.486 e. The maximum atomic E-state index is 12.3. The van der Waals surface area contributed by atoms with Gasteiger partial charge < -0.3 is 19.4 Å². The van der Waals surface area contributed by atoms with E-state index in [1.54, 1.807) is 12.1 Å². The molecule has 0 spiro atoms. The van der Waals surface area contributed by atoms with Gasteiger partial charge in [0.05, 0.1) is 0 Å². The van der Waals surface area contributed by atoms with Crippen LogP contribution in [0, 0.1) is 6.92 Å². The van der Waals surface area contributed by atoms with E-state index in [0.29, 0.717) is 24.7 Å². The summed E-state index contributed by atoms with van der Waals surface area (Å²) >= 11 is 0. The number of carbonyl (C=O) groups is 1. The number of piperazine rings is 1. The third-order valence-corrected chi connectivity index (χ3v) is 5.69. The first-order chi connectivity index (χ1) is 15.7. The summed E-state index contributed by atoms with van der Waals surface area (Å²) < 4.78 is 11.3. The first kappa shape index (κ1) is 22.0. The number of aryl methyl sites for hydroxylation is 1. The van der Waals surface area contributed by atoms with E-state index in [0.717, 1.165) is 44.9 Å². The molecule has 0 atom stereocenters. The lowest BCUT2D eigenvalue weighted by atomic mass is 10.2. The fourth-order valence-electron chi connectivity index (χ4n) is 3.89. The molecule has 0 radical (unpaired) electrons. The van der Waals surface area contributed by atoms with Crippen molar-refractivity contribution in [2.45, 2.75) is 20.0 Å². The van der Waals surface area contributed by atoms with Crippen molar-refractivity contribution in [3.05, 3.63) is 83.8 Å². The van der Waals surface area contributed by atoms with Crippen LogP contribution in [0.1, 0.15) is 28.3 Å². The molecule has 0 bridgehead atoms. The third kappa shape index (κ3) is 6.14. The number of ether oxygens (including phenoxy) is 1. The standard InChI is InChI=1S/C26H31N3O3/c1-21-7-5-8-22(19-21)29-17-15-28(16-18-29)14-6-13-27-26(30)25-12-11-24(32-25)20-31-23-9-3-2-4-10-23/h2-5,7-12,19H,6,13-18,20H2,1H3,(H,27,30). The zero-order valence-corrected chi connectivity index (χ0v) is 18.6. The zero-order chi connectivity index (χ0) is 22.2. The lowest BCUT2D eigenvalue weighted by Crippen LogP contribution is -2.47. The van der Waals surface area contributed by atoms with Crippen LogP contribution in [0.2, 0.25) is 0 Å². The molecule has 0 unspecified atom stereocenters. The van der Waals surface area contributed by atoms with Gasteiger partial charge in [0, 0.05) is 38.4 Å². The van der Waals surface area contributed by atoms with Gasteiger partial charge in [0.25, 0.3) is 5.91 Å². The van der Waals surface area contributed by atoms with Crippen LogP contribution in [0.25, 0.3) is 0 Å². The van der Waals surface area contributed by atoms with Crippen LogP contribution in [-0.4, -0.2) is 50.1 Å². The number of rotatable bonds is 9. The van der Waals surface area contributed by atoms with Gasteiger partial charge in [-0.25, -0.2) is 0 Å². The van der Waals surface area contributed by atoms with Crippen molar-refractivity contribution in [2.75, 3.05) is 44.2 Å². The van der Waals surface area contributed by atoms with Crippen LogP contribution in [0.15, 0.2) is 71.1 Å². The minimum Gasteiger partial charge on any atom is -0.486 e. The summed E-state index contributed by atoms with van der Waals surface area (Å²) in [5, 5.41) is 2.96. The van der Waals surface area contributed by atoms with E-state index in [1.807, 2.05) is 30.3 Å². The molecule has 1 aromatic heterocycles. The molecule has 3 aromatic rings. The molecule has 1 fully saturated rings. The van der Waals surface area contributed by atoms with Gasteiger partial charge in [-0.15, -0.1) is 0 Å². The number of anilines is 1. The molecular formula is C26H31N3O3. The molecule has 1 amide bonds. The maximum absolute atomic E-state index is 12.3. The Kier molecular flexibility index (Phi) is 7.46. The second-order valence-corrected chi connectivity index (χ2v) is 8.14. The van der Waals surface area contributed by atoms with E-state index in [1.165, 1.54) is 11.3 Å². The fourth-order valence-corrected chi connectivity index (χ4v) is 3.89. The molecule has 1 aliphatic rings. The average molecular weight is 434 g/mol. The number of para-hydroxylation sites is 1. The normalized spacial score (nSPS) is 14.3. The topological polar surface area (TPSA) is 58.0 Å². The van der Waals surface area contributed by atoms with Gasteiger partial charge in [0.1, 0.15) is 18.1 Å². The number of amides is 1. The number of hydrogen-bond donors (Lipinski definition) is 1. The second-order valence-electron chi connectivity index (χ2n) is 8.14. The molecule has 0 aliphatic carbocycles. The Hall–Kier alpha value is -3.25. The minimum atomic E-state index is -0.180. The Morgan fingerprint density at radius 3 is 2.59 bits per heavy atom. The molecule has 1 aliphatic heterocycles. The van der Waals surface area contributed by atoms with Gasteiger partial charge in [-0.3, -0.25) is 9.69 Å². The van der Waals surface area contributed by atoms with Crippen molar-refractivity contribution in [3.8, 4) is 5.75 Å². The molecule has 0 saturated carbocycles. The van der Waals surface area contributed by atoms with Gasteiger partial charge in [0.15, 0.2) is 5.76 Å². The number of nitrogens with zero attached hydrogens (tertiary/aromatic N) is 2. The molecule has 4 rings (SSSR count). The summed E-state index contributed by atoms with van der Waals surface area (Å²) in [6.07, 6.45) is 0.918. The lowest BCUT2D eigenvalue weighted by Gasteiger charge is -2.36. The highest BCUT2D eigenvalue weighted by Crippen LogP contribution is 2.18. The molecule has 32 heavy (non-hydrogen) atoms. The van der Waals surface area contributed by atoms with Crippen molar-refractivity contribution in [1.29, 1.82) is 0 Å². The second kappa shape index (κ2) is 10.9. The van der Waals surface area contributed by atoms with E-state index in [2.05, 4.69) is 46.3 Å². The highest BCUT2D eigenvalue weighted by molar-refractivity contribution is 5.91. The van der Waals surface area contributed by atoms with E-state index >= 15 is 0 Å². The summed E-state index contributed by atoms with van der Waals surface area (Å²) in [6, 6.07) is 21.7. The first-order valence-electron chi connectivity index (χ1n) is 11.3.